The summed E-state index contributed by atoms with van der Waals surface area (Å²) >= 11 is 0. The number of rotatable bonds is 10. The summed E-state index contributed by atoms with van der Waals surface area (Å²) in [6.07, 6.45) is 1.32. The van der Waals surface area contributed by atoms with Crippen molar-refractivity contribution in [2.75, 3.05) is 0 Å². The summed E-state index contributed by atoms with van der Waals surface area (Å²) in [6, 6.07) is 24.1. The minimum Gasteiger partial charge on any atom is -0.391 e. The standard InChI is InChI=1S/C29H30N4O3/c1-19-8-7-11-21(14-19)15-22(28(30)35)17-27(34)25(16-20-9-3-2-4-10-20)33-29(36)26-18-31-23-12-5-6-13-24(23)32-26/h2-14,18,22,25,27,34H,15-17H2,1H3,(H2,30,35)(H,33,36)/t22-,25?,27+/m1/s1. The van der Waals surface area contributed by atoms with E-state index >= 15 is 0 Å². The normalized spacial score (nSPS) is 13.6. The second kappa shape index (κ2) is 11.6. The van der Waals surface area contributed by atoms with Gasteiger partial charge in [0.2, 0.25) is 5.91 Å². The molecule has 0 saturated heterocycles. The molecule has 2 amide bonds. The van der Waals surface area contributed by atoms with Gasteiger partial charge in [0.05, 0.1) is 29.4 Å². The SMILES string of the molecule is Cc1cccc(C[C@H](C[C@H](O)C(Cc2ccccc2)NC(=O)c2cnc3ccccc3n2)C(N)=O)c1. The van der Waals surface area contributed by atoms with Crippen LogP contribution in [0.1, 0.15) is 33.6 Å². The van der Waals surface area contributed by atoms with Crippen LogP contribution >= 0.6 is 0 Å². The van der Waals surface area contributed by atoms with Crippen molar-refractivity contribution in [3.63, 3.8) is 0 Å². The molecule has 3 atom stereocenters. The summed E-state index contributed by atoms with van der Waals surface area (Å²) in [6.45, 7) is 1.98. The Bertz CT molecular complexity index is 1340. The Morgan fingerprint density at radius 1 is 0.917 bits per heavy atom. The average molecular weight is 483 g/mol. The highest BCUT2D eigenvalue weighted by Crippen LogP contribution is 2.19. The molecule has 184 valence electrons. The fourth-order valence-corrected chi connectivity index (χ4v) is 4.34. The number of primary amides is 1. The molecule has 0 aliphatic carbocycles. The monoisotopic (exact) mass is 482 g/mol. The first kappa shape index (κ1) is 25.0. The molecular weight excluding hydrogens is 452 g/mol. The first-order valence-corrected chi connectivity index (χ1v) is 12.0. The van der Waals surface area contributed by atoms with Gasteiger partial charge in [-0.3, -0.25) is 14.6 Å². The van der Waals surface area contributed by atoms with Gasteiger partial charge in [-0.2, -0.15) is 0 Å². The molecule has 0 bridgehead atoms. The van der Waals surface area contributed by atoms with Crippen LogP contribution in [-0.2, 0) is 17.6 Å². The molecule has 0 saturated carbocycles. The number of benzene rings is 3. The number of para-hydroxylation sites is 2. The Labute approximate surface area is 210 Å². The third-order valence-electron chi connectivity index (χ3n) is 6.25. The number of nitrogens with zero attached hydrogens (tertiary/aromatic N) is 2. The third kappa shape index (κ3) is 6.52. The Morgan fingerprint density at radius 3 is 2.33 bits per heavy atom. The molecule has 1 unspecified atom stereocenters. The molecular formula is C29H30N4O3. The molecule has 0 aliphatic heterocycles. The highest BCUT2D eigenvalue weighted by Gasteiger charge is 2.28. The van der Waals surface area contributed by atoms with Crippen molar-refractivity contribution in [1.29, 1.82) is 0 Å². The van der Waals surface area contributed by atoms with E-state index in [1.807, 2.05) is 79.7 Å². The lowest BCUT2D eigenvalue weighted by Crippen LogP contribution is -2.46. The Kier molecular flexibility index (Phi) is 8.02. The van der Waals surface area contributed by atoms with Gasteiger partial charge >= 0.3 is 0 Å². The zero-order valence-electron chi connectivity index (χ0n) is 20.2. The van der Waals surface area contributed by atoms with Gasteiger partial charge in [-0.25, -0.2) is 4.98 Å². The van der Waals surface area contributed by atoms with Gasteiger partial charge < -0.3 is 16.2 Å². The van der Waals surface area contributed by atoms with Crippen LogP contribution in [0.25, 0.3) is 11.0 Å². The van der Waals surface area contributed by atoms with E-state index in [9.17, 15) is 14.7 Å². The number of fused-ring (bicyclic) bond motifs is 1. The van der Waals surface area contributed by atoms with Crippen LogP contribution in [0.4, 0.5) is 0 Å². The Morgan fingerprint density at radius 2 is 1.61 bits per heavy atom. The molecule has 0 fully saturated rings. The predicted molar refractivity (Wildman–Crippen MR) is 139 cm³/mol. The lowest BCUT2D eigenvalue weighted by atomic mass is 9.88. The second-order valence-electron chi connectivity index (χ2n) is 9.11. The van der Waals surface area contributed by atoms with Gasteiger partial charge in [0, 0.05) is 5.92 Å². The molecule has 3 aromatic carbocycles. The number of aliphatic hydroxyl groups excluding tert-OH is 1. The fraction of sp³-hybridized carbons (Fsp3) is 0.241. The van der Waals surface area contributed by atoms with Crippen LogP contribution < -0.4 is 11.1 Å². The number of carbonyl (C=O) groups is 2. The second-order valence-corrected chi connectivity index (χ2v) is 9.11. The summed E-state index contributed by atoms with van der Waals surface area (Å²) < 4.78 is 0. The lowest BCUT2D eigenvalue weighted by molar-refractivity contribution is -0.122. The van der Waals surface area contributed by atoms with Crippen molar-refractivity contribution in [3.8, 4) is 0 Å². The van der Waals surface area contributed by atoms with Crippen molar-refractivity contribution < 1.29 is 14.7 Å². The molecule has 7 heteroatoms. The summed E-state index contributed by atoms with van der Waals surface area (Å²) in [7, 11) is 0. The van der Waals surface area contributed by atoms with Crippen LogP contribution in [0, 0.1) is 12.8 Å². The van der Waals surface area contributed by atoms with Gasteiger partial charge in [-0.05, 0) is 49.4 Å². The molecule has 36 heavy (non-hydrogen) atoms. The van der Waals surface area contributed by atoms with Crippen molar-refractivity contribution in [2.45, 2.75) is 38.3 Å². The zero-order valence-corrected chi connectivity index (χ0v) is 20.2. The maximum atomic E-state index is 13.1. The van der Waals surface area contributed by atoms with E-state index in [1.165, 1.54) is 6.20 Å². The van der Waals surface area contributed by atoms with E-state index in [0.717, 1.165) is 16.7 Å². The average Bonchev–Trinajstić information content (AvgIpc) is 2.88. The van der Waals surface area contributed by atoms with Crippen molar-refractivity contribution in [1.82, 2.24) is 15.3 Å². The van der Waals surface area contributed by atoms with Crippen LogP contribution in [0.15, 0.2) is 85.1 Å². The number of hydrogen-bond donors (Lipinski definition) is 3. The number of nitrogens with one attached hydrogen (secondary N) is 1. The van der Waals surface area contributed by atoms with E-state index in [-0.39, 0.29) is 12.1 Å². The van der Waals surface area contributed by atoms with Crippen molar-refractivity contribution >= 4 is 22.8 Å². The maximum absolute atomic E-state index is 13.1. The highest BCUT2D eigenvalue weighted by atomic mass is 16.3. The molecule has 1 heterocycles. The van der Waals surface area contributed by atoms with Crippen LogP contribution in [-0.4, -0.2) is 39.0 Å². The topological polar surface area (TPSA) is 118 Å². The van der Waals surface area contributed by atoms with E-state index in [0.29, 0.717) is 23.9 Å². The number of nitrogens with two attached hydrogens (primary N) is 1. The maximum Gasteiger partial charge on any atom is 0.271 e. The van der Waals surface area contributed by atoms with E-state index in [2.05, 4.69) is 15.3 Å². The smallest absolute Gasteiger partial charge is 0.271 e. The number of aliphatic hydroxyl groups is 1. The minimum atomic E-state index is -1.01. The van der Waals surface area contributed by atoms with Crippen LogP contribution in [0.3, 0.4) is 0 Å². The third-order valence-corrected chi connectivity index (χ3v) is 6.25. The van der Waals surface area contributed by atoms with E-state index in [4.69, 9.17) is 5.73 Å². The molecule has 4 aromatic rings. The van der Waals surface area contributed by atoms with E-state index < -0.39 is 29.9 Å². The quantitative estimate of drug-likeness (QED) is 0.320. The predicted octanol–water partition coefficient (Wildman–Crippen LogP) is 3.37. The number of amides is 2. The van der Waals surface area contributed by atoms with Gasteiger partial charge in [0.15, 0.2) is 0 Å². The molecule has 0 spiro atoms. The Hall–Kier alpha value is -4.10. The van der Waals surface area contributed by atoms with Crippen molar-refractivity contribution in [3.05, 3.63) is 107 Å². The number of carbonyl (C=O) groups excluding carboxylic acids is 2. The number of hydrogen-bond acceptors (Lipinski definition) is 5. The van der Waals surface area contributed by atoms with Gasteiger partial charge in [0.1, 0.15) is 5.69 Å². The first-order valence-electron chi connectivity index (χ1n) is 12.0. The van der Waals surface area contributed by atoms with Gasteiger partial charge in [-0.15, -0.1) is 0 Å². The van der Waals surface area contributed by atoms with Crippen molar-refractivity contribution in [2.24, 2.45) is 11.7 Å². The highest BCUT2D eigenvalue weighted by molar-refractivity contribution is 5.94. The molecule has 4 N–H and O–H groups in total. The molecule has 7 nitrogen and oxygen atoms in total. The lowest BCUT2D eigenvalue weighted by Gasteiger charge is -2.27. The zero-order chi connectivity index (χ0) is 25.5. The summed E-state index contributed by atoms with van der Waals surface area (Å²) in [5.74, 6) is -1.51. The number of aromatic nitrogens is 2. The summed E-state index contributed by atoms with van der Waals surface area (Å²) in [4.78, 5) is 34.1. The largest absolute Gasteiger partial charge is 0.391 e. The Balaban J connectivity index is 1.54. The van der Waals surface area contributed by atoms with Crippen LogP contribution in [0.5, 0.6) is 0 Å². The van der Waals surface area contributed by atoms with E-state index in [1.54, 1.807) is 6.07 Å². The fourth-order valence-electron chi connectivity index (χ4n) is 4.34. The van der Waals surface area contributed by atoms with Gasteiger partial charge in [-0.1, -0.05) is 72.3 Å². The molecule has 1 aromatic heterocycles. The van der Waals surface area contributed by atoms with Crippen LogP contribution in [0.2, 0.25) is 0 Å². The number of aryl methyl sites for hydroxylation is 1. The molecule has 0 radical (unpaired) electrons. The first-order chi connectivity index (χ1) is 17.4. The minimum absolute atomic E-state index is 0.116. The summed E-state index contributed by atoms with van der Waals surface area (Å²) in [5.41, 5.74) is 10.2. The molecule has 0 aliphatic rings. The summed E-state index contributed by atoms with van der Waals surface area (Å²) in [5, 5.41) is 14.2. The van der Waals surface area contributed by atoms with Gasteiger partial charge in [0.25, 0.3) is 5.91 Å². The molecule has 4 rings (SSSR count).